The van der Waals surface area contributed by atoms with Crippen LogP contribution in [0.2, 0.25) is 10.0 Å². The number of nitrogens with zero attached hydrogens (tertiary/aromatic N) is 1. The Kier molecular flexibility index (Phi) is 5.10. The van der Waals surface area contributed by atoms with Crippen LogP contribution < -0.4 is 5.32 Å². The number of aromatic amines is 1. The zero-order valence-corrected chi connectivity index (χ0v) is 14.3. The number of fused-ring (bicyclic) bond motifs is 1. The maximum absolute atomic E-state index is 12.0. The second-order valence-electron chi connectivity index (χ2n) is 4.84. The molecule has 3 aromatic rings. The lowest BCUT2D eigenvalue weighted by Gasteiger charge is -2.05. The van der Waals surface area contributed by atoms with Crippen LogP contribution in [-0.2, 0) is 11.3 Å². The second-order valence-corrected chi connectivity index (χ2v) is 6.70. The fraction of sp³-hybridized carbons (Fsp3) is 0.125. The fourth-order valence-corrected chi connectivity index (χ4v) is 3.38. The van der Waals surface area contributed by atoms with Crippen LogP contribution in [0.4, 0.5) is 0 Å². The summed E-state index contributed by atoms with van der Waals surface area (Å²) in [5, 5.41) is 4.02. The minimum absolute atomic E-state index is 0.0912. The Morgan fingerprint density at radius 3 is 2.87 bits per heavy atom. The second kappa shape index (κ2) is 7.25. The lowest BCUT2D eigenvalue weighted by molar-refractivity contribution is -0.118. The molecule has 3 rings (SSSR count). The molecule has 4 nitrogen and oxygen atoms in total. The van der Waals surface area contributed by atoms with Crippen LogP contribution in [0.1, 0.15) is 5.82 Å². The van der Waals surface area contributed by atoms with Gasteiger partial charge in [-0.2, -0.15) is 0 Å². The van der Waals surface area contributed by atoms with Crippen LogP contribution >= 0.6 is 35.0 Å². The van der Waals surface area contributed by atoms with Crippen molar-refractivity contribution >= 4 is 51.9 Å². The topological polar surface area (TPSA) is 57.8 Å². The third kappa shape index (κ3) is 4.19. The van der Waals surface area contributed by atoms with Gasteiger partial charge in [-0.05, 0) is 30.3 Å². The normalized spacial score (nSPS) is 10.9. The van der Waals surface area contributed by atoms with Gasteiger partial charge in [0.25, 0.3) is 0 Å². The highest BCUT2D eigenvalue weighted by atomic mass is 35.5. The summed E-state index contributed by atoms with van der Waals surface area (Å²) in [6, 6.07) is 12.9. The molecular formula is C16H13Cl2N3OS. The number of para-hydroxylation sites is 2. The number of H-pyrrole nitrogens is 1. The first-order valence-electron chi connectivity index (χ1n) is 6.90. The van der Waals surface area contributed by atoms with Crippen LogP contribution in [0.15, 0.2) is 47.4 Å². The van der Waals surface area contributed by atoms with Crippen molar-refractivity contribution in [3.63, 3.8) is 0 Å². The Bertz CT molecular complexity index is 817. The summed E-state index contributed by atoms with van der Waals surface area (Å²) in [4.78, 5) is 20.3. The number of hydrogen-bond donors (Lipinski definition) is 2. The molecule has 0 aliphatic heterocycles. The van der Waals surface area contributed by atoms with E-state index in [1.165, 1.54) is 11.8 Å². The molecule has 23 heavy (non-hydrogen) atoms. The van der Waals surface area contributed by atoms with E-state index >= 15 is 0 Å². The molecule has 1 amide bonds. The number of hydrogen-bond acceptors (Lipinski definition) is 3. The van der Waals surface area contributed by atoms with Gasteiger partial charge in [-0.15, -0.1) is 11.8 Å². The van der Waals surface area contributed by atoms with Crippen molar-refractivity contribution in [3.05, 3.63) is 58.3 Å². The van der Waals surface area contributed by atoms with E-state index in [1.54, 1.807) is 18.2 Å². The summed E-state index contributed by atoms with van der Waals surface area (Å²) < 4.78 is 0. The SMILES string of the molecule is O=C(CSc1cc(Cl)ccc1Cl)NCc1nc2ccccc2[nH]1. The van der Waals surface area contributed by atoms with Gasteiger partial charge in [-0.25, -0.2) is 4.98 Å². The summed E-state index contributed by atoms with van der Waals surface area (Å²) in [5.74, 6) is 0.900. The Hall–Kier alpha value is -1.69. The van der Waals surface area contributed by atoms with Crippen molar-refractivity contribution in [2.45, 2.75) is 11.4 Å². The van der Waals surface area contributed by atoms with E-state index < -0.39 is 0 Å². The standard InChI is InChI=1S/C16H13Cl2N3OS/c17-10-5-6-11(18)14(7-10)23-9-16(22)19-8-15-20-12-3-1-2-4-13(12)21-15/h1-7H,8-9H2,(H,19,22)(H,20,21). The minimum atomic E-state index is -0.0912. The van der Waals surface area contributed by atoms with Gasteiger partial charge >= 0.3 is 0 Å². The number of halogens is 2. The van der Waals surface area contributed by atoms with E-state index in [-0.39, 0.29) is 11.7 Å². The quantitative estimate of drug-likeness (QED) is 0.663. The van der Waals surface area contributed by atoms with Gasteiger partial charge < -0.3 is 10.3 Å². The smallest absolute Gasteiger partial charge is 0.230 e. The molecule has 2 aromatic carbocycles. The number of rotatable bonds is 5. The predicted molar refractivity (Wildman–Crippen MR) is 95.1 cm³/mol. The summed E-state index contributed by atoms with van der Waals surface area (Å²) in [7, 11) is 0. The Morgan fingerprint density at radius 1 is 1.22 bits per heavy atom. The molecule has 0 saturated carbocycles. The Morgan fingerprint density at radius 2 is 2.04 bits per heavy atom. The Balaban J connectivity index is 1.54. The number of aromatic nitrogens is 2. The van der Waals surface area contributed by atoms with Gasteiger partial charge in [0.2, 0.25) is 5.91 Å². The maximum Gasteiger partial charge on any atom is 0.230 e. The molecular weight excluding hydrogens is 353 g/mol. The molecule has 0 aliphatic carbocycles. The molecule has 0 saturated heterocycles. The number of nitrogens with one attached hydrogen (secondary N) is 2. The third-order valence-corrected chi connectivity index (χ3v) is 4.88. The van der Waals surface area contributed by atoms with E-state index in [9.17, 15) is 4.79 Å². The zero-order valence-electron chi connectivity index (χ0n) is 12.0. The average molecular weight is 366 g/mol. The van der Waals surface area contributed by atoms with Crippen molar-refractivity contribution in [2.75, 3.05) is 5.75 Å². The van der Waals surface area contributed by atoms with Crippen LogP contribution in [0.5, 0.6) is 0 Å². The van der Waals surface area contributed by atoms with Gasteiger partial charge in [0, 0.05) is 9.92 Å². The summed E-state index contributed by atoms with van der Waals surface area (Å²) in [6.07, 6.45) is 0. The monoisotopic (exact) mass is 365 g/mol. The highest BCUT2D eigenvalue weighted by Gasteiger charge is 2.08. The molecule has 0 unspecified atom stereocenters. The average Bonchev–Trinajstić information content (AvgIpc) is 2.96. The van der Waals surface area contributed by atoms with Crippen molar-refractivity contribution in [1.29, 1.82) is 0 Å². The maximum atomic E-state index is 12.0. The highest BCUT2D eigenvalue weighted by Crippen LogP contribution is 2.29. The van der Waals surface area contributed by atoms with E-state index in [4.69, 9.17) is 23.2 Å². The predicted octanol–water partition coefficient (Wildman–Crippen LogP) is 4.28. The van der Waals surface area contributed by atoms with Crippen molar-refractivity contribution < 1.29 is 4.79 Å². The molecule has 0 atom stereocenters. The molecule has 118 valence electrons. The third-order valence-electron chi connectivity index (χ3n) is 3.14. The molecule has 1 aromatic heterocycles. The van der Waals surface area contributed by atoms with Crippen LogP contribution in [0.3, 0.4) is 0 Å². The van der Waals surface area contributed by atoms with E-state index in [0.29, 0.717) is 16.6 Å². The number of imidazole rings is 1. The molecule has 2 N–H and O–H groups in total. The lowest BCUT2D eigenvalue weighted by atomic mass is 10.3. The zero-order chi connectivity index (χ0) is 16.2. The number of thioether (sulfide) groups is 1. The van der Waals surface area contributed by atoms with Gasteiger partial charge in [-0.3, -0.25) is 4.79 Å². The Labute approximate surface area is 147 Å². The lowest BCUT2D eigenvalue weighted by Crippen LogP contribution is -2.25. The van der Waals surface area contributed by atoms with E-state index in [1.807, 2.05) is 24.3 Å². The summed E-state index contributed by atoms with van der Waals surface area (Å²) in [5.41, 5.74) is 1.84. The largest absolute Gasteiger partial charge is 0.348 e. The van der Waals surface area contributed by atoms with Crippen molar-refractivity contribution in [2.24, 2.45) is 0 Å². The number of amides is 1. The molecule has 0 bridgehead atoms. The van der Waals surface area contributed by atoms with Crippen molar-refractivity contribution in [3.8, 4) is 0 Å². The molecule has 0 spiro atoms. The molecule has 0 radical (unpaired) electrons. The molecule has 1 heterocycles. The van der Waals surface area contributed by atoms with Crippen LogP contribution in [0.25, 0.3) is 11.0 Å². The van der Waals surface area contributed by atoms with Gasteiger partial charge in [-0.1, -0.05) is 35.3 Å². The van der Waals surface area contributed by atoms with Gasteiger partial charge in [0.15, 0.2) is 0 Å². The van der Waals surface area contributed by atoms with Gasteiger partial charge in [0.1, 0.15) is 5.82 Å². The highest BCUT2D eigenvalue weighted by molar-refractivity contribution is 8.00. The first-order valence-corrected chi connectivity index (χ1v) is 8.64. The molecule has 0 aliphatic rings. The fourth-order valence-electron chi connectivity index (χ4n) is 2.05. The number of carbonyl (C=O) groups is 1. The minimum Gasteiger partial charge on any atom is -0.348 e. The number of carbonyl (C=O) groups excluding carboxylic acids is 1. The molecule has 0 fully saturated rings. The van der Waals surface area contributed by atoms with Crippen molar-refractivity contribution in [1.82, 2.24) is 15.3 Å². The summed E-state index contributed by atoms with van der Waals surface area (Å²) >= 11 is 13.3. The summed E-state index contributed by atoms with van der Waals surface area (Å²) in [6.45, 7) is 0.358. The van der Waals surface area contributed by atoms with E-state index in [2.05, 4.69) is 15.3 Å². The first-order chi connectivity index (χ1) is 11.1. The van der Waals surface area contributed by atoms with Gasteiger partial charge in [0.05, 0.1) is 28.4 Å². The van der Waals surface area contributed by atoms with Crippen LogP contribution in [0, 0.1) is 0 Å². The van der Waals surface area contributed by atoms with E-state index in [0.717, 1.165) is 21.8 Å². The molecule has 7 heteroatoms. The van der Waals surface area contributed by atoms with Crippen LogP contribution in [-0.4, -0.2) is 21.6 Å². The first kappa shape index (κ1) is 16.2. The number of benzene rings is 2.